The van der Waals surface area contributed by atoms with Gasteiger partial charge in [0.15, 0.2) is 5.82 Å². The van der Waals surface area contributed by atoms with Crippen LogP contribution in [-0.2, 0) is 6.42 Å². The van der Waals surface area contributed by atoms with Gasteiger partial charge in [0.25, 0.3) is 0 Å². The number of allylic oxidation sites excluding steroid dienone is 5. The van der Waals surface area contributed by atoms with Crippen LogP contribution in [0.5, 0.6) is 0 Å². The van der Waals surface area contributed by atoms with Crippen molar-refractivity contribution in [2.24, 2.45) is 0 Å². The summed E-state index contributed by atoms with van der Waals surface area (Å²) in [4.78, 5) is 10.1. The summed E-state index contributed by atoms with van der Waals surface area (Å²) in [5.74, 6) is 0.706. The lowest BCUT2D eigenvalue weighted by Gasteiger charge is -2.17. The molecule has 0 radical (unpaired) electrons. The zero-order valence-corrected chi connectivity index (χ0v) is 37.8. The van der Waals surface area contributed by atoms with E-state index in [0.717, 1.165) is 79.2 Å². The number of hydrogen-bond donors (Lipinski definition) is 0. The van der Waals surface area contributed by atoms with Crippen molar-refractivity contribution in [1.29, 1.82) is 0 Å². The normalized spacial score (nSPS) is 13.4. The fourth-order valence-electron chi connectivity index (χ4n) is 10.4. The summed E-state index contributed by atoms with van der Waals surface area (Å²) < 4.78 is 4.85. The first-order valence-corrected chi connectivity index (χ1v) is 23.6. The van der Waals surface area contributed by atoms with Gasteiger partial charge in [-0.2, -0.15) is 0 Å². The van der Waals surface area contributed by atoms with Crippen LogP contribution in [0, 0.1) is 0 Å². The van der Waals surface area contributed by atoms with Gasteiger partial charge < -0.3 is 9.13 Å². The molecule has 69 heavy (non-hydrogen) atoms. The lowest BCUT2D eigenvalue weighted by molar-refractivity contribution is 1.15. The first-order chi connectivity index (χ1) is 34.1. The second-order valence-electron chi connectivity index (χ2n) is 17.8. The Morgan fingerprint density at radius 3 is 1.52 bits per heavy atom. The molecule has 324 valence electrons. The molecule has 1 aliphatic rings. The molecule has 0 unspecified atom stereocenters. The molecule has 1 aliphatic carbocycles. The number of fused-ring (bicyclic) bond motifs is 9. The third-order valence-corrected chi connectivity index (χ3v) is 13.7. The van der Waals surface area contributed by atoms with Crippen molar-refractivity contribution in [1.82, 2.24) is 19.1 Å². The number of hydrogen-bond acceptors (Lipinski definition) is 2. The summed E-state index contributed by atoms with van der Waals surface area (Å²) in [5.41, 5.74) is 19.9. The fraction of sp³-hybridized carbons (Fsp3) is 0.0154. The van der Waals surface area contributed by atoms with Crippen LogP contribution in [0.2, 0.25) is 0 Å². The Labute approximate surface area is 400 Å². The van der Waals surface area contributed by atoms with Crippen LogP contribution in [0.25, 0.3) is 117 Å². The van der Waals surface area contributed by atoms with E-state index >= 15 is 0 Å². The van der Waals surface area contributed by atoms with E-state index in [2.05, 4.69) is 234 Å². The van der Waals surface area contributed by atoms with E-state index in [0.29, 0.717) is 5.82 Å². The van der Waals surface area contributed by atoms with E-state index in [4.69, 9.17) is 9.97 Å². The van der Waals surface area contributed by atoms with Crippen molar-refractivity contribution in [2.45, 2.75) is 6.42 Å². The highest BCUT2D eigenvalue weighted by atomic mass is 15.0. The summed E-state index contributed by atoms with van der Waals surface area (Å²) in [6.45, 7) is 4.41. The van der Waals surface area contributed by atoms with Gasteiger partial charge in [0, 0.05) is 49.6 Å². The lowest BCUT2D eigenvalue weighted by atomic mass is 9.90. The topological polar surface area (TPSA) is 35.6 Å². The lowest BCUT2D eigenvalue weighted by Crippen LogP contribution is -1.99. The summed E-state index contributed by atoms with van der Waals surface area (Å²) in [6.07, 6.45) is 9.40. The first kappa shape index (κ1) is 40.2. The SMILES string of the molecule is C=C1/C=C\C=C/Cc2cc(-n3c4ccccc4c4ccc(-c5ccc6c7ccccc7n(-c7ccc(-c8cc(-c9ccccc9)nc(-c9ccccc9)n8)cc7)c6c5)cc43)ccc2-c2ccccc21. The number of aromatic nitrogens is 4. The highest BCUT2D eigenvalue weighted by molar-refractivity contribution is 6.12. The van der Waals surface area contributed by atoms with Crippen molar-refractivity contribution in [2.75, 3.05) is 0 Å². The number of benzene rings is 9. The van der Waals surface area contributed by atoms with E-state index in [9.17, 15) is 0 Å². The average Bonchev–Trinajstić information content (AvgIpc) is 3.93. The van der Waals surface area contributed by atoms with Crippen LogP contribution in [0.3, 0.4) is 0 Å². The van der Waals surface area contributed by atoms with Gasteiger partial charge in [-0.15, -0.1) is 0 Å². The molecule has 0 saturated carbocycles. The van der Waals surface area contributed by atoms with Crippen molar-refractivity contribution >= 4 is 49.2 Å². The van der Waals surface area contributed by atoms with Gasteiger partial charge in [0.1, 0.15) is 0 Å². The molecular formula is C65H44N4. The Balaban J connectivity index is 0.928. The van der Waals surface area contributed by atoms with E-state index in [1.807, 2.05) is 24.3 Å². The molecule has 9 aromatic carbocycles. The van der Waals surface area contributed by atoms with Crippen molar-refractivity contribution < 1.29 is 0 Å². The molecule has 0 fully saturated rings. The highest BCUT2D eigenvalue weighted by Crippen LogP contribution is 2.40. The van der Waals surface area contributed by atoms with Gasteiger partial charge in [-0.05, 0) is 100.0 Å². The Morgan fingerprint density at radius 2 is 0.870 bits per heavy atom. The minimum absolute atomic E-state index is 0.706. The van der Waals surface area contributed by atoms with Crippen molar-refractivity contribution in [3.63, 3.8) is 0 Å². The molecule has 0 amide bonds. The Kier molecular flexibility index (Phi) is 9.69. The van der Waals surface area contributed by atoms with E-state index in [1.54, 1.807) is 0 Å². The monoisotopic (exact) mass is 880 g/mol. The summed E-state index contributed by atoms with van der Waals surface area (Å²) >= 11 is 0. The second kappa shape index (κ2) is 16.6. The number of nitrogens with zero attached hydrogens (tertiary/aromatic N) is 4. The Morgan fingerprint density at radius 1 is 0.362 bits per heavy atom. The predicted molar refractivity (Wildman–Crippen MR) is 289 cm³/mol. The van der Waals surface area contributed by atoms with Crippen LogP contribution < -0.4 is 0 Å². The Hall–Kier alpha value is -9.12. The van der Waals surface area contributed by atoms with E-state index in [1.165, 1.54) is 49.3 Å². The molecule has 0 saturated heterocycles. The van der Waals surface area contributed by atoms with Crippen molar-refractivity contribution in [3.8, 4) is 67.5 Å². The largest absolute Gasteiger partial charge is 0.309 e. The van der Waals surface area contributed by atoms with Crippen molar-refractivity contribution in [3.05, 3.63) is 260 Å². The van der Waals surface area contributed by atoms with Crippen LogP contribution in [0.1, 0.15) is 11.1 Å². The quantitative estimate of drug-likeness (QED) is 0.167. The third kappa shape index (κ3) is 7.01. The summed E-state index contributed by atoms with van der Waals surface area (Å²) in [7, 11) is 0. The van der Waals surface area contributed by atoms with Gasteiger partial charge in [-0.3, -0.25) is 0 Å². The van der Waals surface area contributed by atoms with Crippen LogP contribution >= 0.6 is 0 Å². The van der Waals surface area contributed by atoms with Crippen LogP contribution in [-0.4, -0.2) is 19.1 Å². The maximum absolute atomic E-state index is 5.11. The molecule has 3 aromatic heterocycles. The molecule has 13 rings (SSSR count). The van der Waals surface area contributed by atoms with E-state index in [-0.39, 0.29) is 0 Å². The standard InChI is InChI=1S/C65H44N4/c1-43-17-5-2-10-22-49-39-51(35-38-53(49)54-24-12-11-23-52(43)54)69-62-28-16-14-26-56(62)58-37-32-48(41-64(58)69)47-31-36-57-55-25-13-15-27-61(55)68(63(57)40-47)50-33-29-45(30-34-50)60-42-59(44-18-6-3-7-19-44)66-65(67-60)46-20-8-4-9-21-46/h2-21,23-42H,1,22H2/b10-2-,17-5-. The summed E-state index contributed by atoms with van der Waals surface area (Å²) in [5, 5.41) is 4.90. The molecule has 3 heterocycles. The minimum atomic E-state index is 0.706. The van der Waals surface area contributed by atoms with Crippen LogP contribution in [0.4, 0.5) is 0 Å². The van der Waals surface area contributed by atoms with Gasteiger partial charge in [0.05, 0.1) is 33.5 Å². The third-order valence-electron chi connectivity index (χ3n) is 13.7. The summed E-state index contributed by atoms with van der Waals surface area (Å²) in [6, 6.07) is 78.5. The molecule has 4 nitrogen and oxygen atoms in total. The molecule has 0 bridgehead atoms. The molecule has 0 atom stereocenters. The molecule has 0 N–H and O–H groups in total. The number of para-hydroxylation sites is 2. The smallest absolute Gasteiger partial charge is 0.160 e. The van der Waals surface area contributed by atoms with E-state index < -0.39 is 0 Å². The molecule has 12 aromatic rings. The predicted octanol–water partition coefficient (Wildman–Crippen LogP) is 16.7. The zero-order valence-electron chi connectivity index (χ0n) is 37.8. The minimum Gasteiger partial charge on any atom is -0.309 e. The van der Waals surface area contributed by atoms with Gasteiger partial charge in [0.2, 0.25) is 0 Å². The fourth-order valence-corrected chi connectivity index (χ4v) is 10.4. The number of rotatable bonds is 6. The molecular weight excluding hydrogens is 837 g/mol. The zero-order chi connectivity index (χ0) is 45.8. The maximum Gasteiger partial charge on any atom is 0.160 e. The average molecular weight is 881 g/mol. The molecule has 0 spiro atoms. The highest BCUT2D eigenvalue weighted by Gasteiger charge is 2.19. The maximum atomic E-state index is 5.11. The van der Waals surface area contributed by atoms with Gasteiger partial charge in [-0.25, -0.2) is 9.97 Å². The van der Waals surface area contributed by atoms with Crippen LogP contribution in [0.15, 0.2) is 249 Å². The second-order valence-corrected chi connectivity index (χ2v) is 17.8. The Bertz CT molecular complexity index is 3980. The molecule has 0 aliphatic heterocycles. The van der Waals surface area contributed by atoms with Gasteiger partial charge in [-0.1, -0.05) is 195 Å². The molecule has 4 heteroatoms. The first-order valence-electron chi connectivity index (χ1n) is 23.6. The van der Waals surface area contributed by atoms with Gasteiger partial charge >= 0.3 is 0 Å².